The van der Waals surface area contributed by atoms with E-state index in [2.05, 4.69) is 6.92 Å². The Labute approximate surface area is 91.3 Å². The highest BCUT2D eigenvalue weighted by Crippen LogP contribution is 2.22. The smallest absolute Gasteiger partial charge is 0.0528 e. The van der Waals surface area contributed by atoms with Gasteiger partial charge in [0.2, 0.25) is 0 Å². The van der Waals surface area contributed by atoms with Crippen LogP contribution in [0.1, 0.15) is 37.8 Å². The van der Waals surface area contributed by atoms with Crippen molar-refractivity contribution in [2.75, 3.05) is 0 Å². The van der Waals surface area contributed by atoms with E-state index in [1.54, 1.807) is 0 Å². The Morgan fingerprint density at radius 2 is 1.93 bits per heavy atom. The molecule has 0 bridgehead atoms. The van der Waals surface area contributed by atoms with Gasteiger partial charge in [-0.2, -0.15) is 0 Å². The quantitative estimate of drug-likeness (QED) is 0.742. The zero-order valence-corrected chi connectivity index (χ0v) is 9.37. The van der Waals surface area contributed by atoms with Gasteiger partial charge in [-0.25, -0.2) is 0 Å². The molecule has 2 N–H and O–H groups in total. The first-order valence-electron chi connectivity index (χ1n) is 5.20. The number of unbranched alkanes of at least 4 members (excludes halogenated alkanes) is 1. The number of benzene rings is 1. The van der Waals surface area contributed by atoms with Crippen LogP contribution in [-0.4, -0.2) is 5.38 Å². The molecule has 1 rings (SSSR count). The van der Waals surface area contributed by atoms with Gasteiger partial charge in [0, 0.05) is 6.04 Å². The van der Waals surface area contributed by atoms with E-state index in [-0.39, 0.29) is 11.4 Å². The topological polar surface area (TPSA) is 26.0 Å². The minimum atomic E-state index is -0.0376. The summed E-state index contributed by atoms with van der Waals surface area (Å²) in [7, 11) is 0. The zero-order chi connectivity index (χ0) is 10.4. The van der Waals surface area contributed by atoms with Gasteiger partial charge < -0.3 is 5.73 Å². The van der Waals surface area contributed by atoms with E-state index in [9.17, 15) is 0 Å². The fourth-order valence-electron chi connectivity index (χ4n) is 1.46. The van der Waals surface area contributed by atoms with Gasteiger partial charge in [-0.05, 0) is 12.0 Å². The van der Waals surface area contributed by atoms with Crippen LogP contribution in [0.2, 0.25) is 0 Å². The third kappa shape index (κ3) is 3.32. The highest BCUT2D eigenvalue weighted by molar-refractivity contribution is 6.21. The third-order valence-corrected chi connectivity index (χ3v) is 2.90. The van der Waals surface area contributed by atoms with Gasteiger partial charge in [-0.3, -0.25) is 0 Å². The van der Waals surface area contributed by atoms with Gasteiger partial charge >= 0.3 is 0 Å². The first kappa shape index (κ1) is 11.5. The van der Waals surface area contributed by atoms with Crippen molar-refractivity contribution in [1.82, 2.24) is 0 Å². The molecule has 2 heteroatoms. The molecule has 2 unspecified atom stereocenters. The molecule has 1 aromatic rings. The summed E-state index contributed by atoms with van der Waals surface area (Å²) < 4.78 is 0. The van der Waals surface area contributed by atoms with Gasteiger partial charge in [0.1, 0.15) is 0 Å². The minimum Gasteiger partial charge on any atom is -0.323 e. The number of hydrogen-bond acceptors (Lipinski definition) is 1. The molecule has 0 radical (unpaired) electrons. The number of rotatable bonds is 5. The Bertz CT molecular complexity index is 248. The van der Waals surface area contributed by atoms with E-state index in [0.717, 1.165) is 18.4 Å². The van der Waals surface area contributed by atoms with Crippen molar-refractivity contribution in [3.05, 3.63) is 35.9 Å². The molecule has 1 nitrogen and oxygen atoms in total. The van der Waals surface area contributed by atoms with E-state index in [1.807, 2.05) is 30.3 Å². The summed E-state index contributed by atoms with van der Waals surface area (Å²) in [5.74, 6) is 0. The van der Waals surface area contributed by atoms with E-state index < -0.39 is 0 Å². The van der Waals surface area contributed by atoms with Crippen LogP contribution >= 0.6 is 11.6 Å². The Hall–Kier alpha value is -0.530. The lowest BCUT2D eigenvalue weighted by molar-refractivity contribution is 0.590. The van der Waals surface area contributed by atoms with E-state index in [1.165, 1.54) is 6.42 Å². The van der Waals surface area contributed by atoms with E-state index >= 15 is 0 Å². The van der Waals surface area contributed by atoms with Crippen LogP contribution in [0.15, 0.2) is 30.3 Å². The van der Waals surface area contributed by atoms with Crippen LogP contribution in [0, 0.1) is 0 Å². The van der Waals surface area contributed by atoms with Crippen LogP contribution in [0.25, 0.3) is 0 Å². The van der Waals surface area contributed by atoms with Gasteiger partial charge in [0.25, 0.3) is 0 Å². The number of nitrogens with two attached hydrogens (primary N) is 1. The second kappa shape index (κ2) is 6.05. The Kier molecular flexibility index (Phi) is 4.99. The van der Waals surface area contributed by atoms with Crippen molar-refractivity contribution in [1.29, 1.82) is 0 Å². The lowest BCUT2D eigenvalue weighted by Gasteiger charge is -2.17. The molecule has 0 aliphatic heterocycles. The Morgan fingerprint density at radius 1 is 1.29 bits per heavy atom. The summed E-state index contributed by atoms with van der Waals surface area (Å²) in [5.41, 5.74) is 7.18. The van der Waals surface area contributed by atoms with Crippen molar-refractivity contribution >= 4 is 11.6 Å². The fraction of sp³-hybridized carbons (Fsp3) is 0.500. The molecule has 1 aromatic carbocycles. The minimum absolute atomic E-state index is 0.0376. The third-order valence-electron chi connectivity index (χ3n) is 2.41. The van der Waals surface area contributed by atoms with Gasteiger partial charge in [0.15, 0.2) is 0 Å². The van der Waals surface area contributed by atoms with Crippen molar-refractivity contribution in [2.24, 2.45) is 5.73 Å². The normalized spacial score (nSPS) is 15.1. The van der Waals surface area contributed by atoms with Crippen molar-refractivity contribution < 1.29 is 0 Å². The van der Waals surface area contributed by atoms with Crippen LogP contribution < -0.4 is 5.73 Å². The maximum atomic E-state index is 6.22. The molecule has 0 saturated heterocycles. The molecule has 0 saturated carbocycles. The predicted octanol–water partition coefficient (Wildman–Crippen LogP) is 3.48. The second-order valence-electron chi connectivity index (χ2n) is 3.59. The van der Waals surface area contributed by atoms with Gasteiger partial charge in [-0.15, -0.1) is 11.6 Å². The van der Waals surface area contributed by atoms with E-state index in [0.29, 0.717) is 0 Å². The van der Waals surface area contributed by atoms with E-state index in [4.69, 9.17) is 17.3 Å². The molecular weight excluding hydrogens is 194 g/mol. The van der Waals surface area contributed by atoms with Gasteiger partial charge in [-0.1, -0.05) is 50.1 Å². The standard InChI is InChI=1S/C12H18ClN/c1-2-3-9-11(13)12(14)10-7-5-4-6-8-10/h4-8,11-12H,2-3,9,14H2,1H3. The lowest BCUT2D eigenvalue weighted by atomic mass is 10.0. The Balaban J connectivity index is 2.52. The average Bonchev–Trinajstić information content (AvgIpc) is 2.26. The van der Waals surface area contributed by atoms with Crippen LogP contribution in [0.5, 0.6) is 0 Å². The summed E-state index contributed by atoms with van der Waals surface area (Å²) in [5, 5.41) is 0.0531. The van der Waals surface area contributed by atoms with Gasteiger partial charge in [0.05, 0.1) is 5.38 Å². The molecule has 0 fully saturated rings. The first-order chi connectivity index (χ1) is 6.75. The number of hydrogen-bond donors (Lipinski definition) is 1. The van der Waals surface area contributed by atoms with Crippen LogP contribution in [0.4, 0.5) is 0 Å². The molecule has 0 heterocycles. The number of alkyl halides is 1. The summed E-state index contributed by atoms with van der Waals surface area (Å²) >= 11 is 6.22. The second-order valence-corrected chi connectivity index (χ2v) is 4.16. The molecule has 0 aliphatic rings. The summed E-state index contributed by atoms with van der Waals surface area (Å²) in [6.07, 6.45) is 3.31. The van der Waals surface area contributed by atoms with Crippen molar-refractivity contribution in [3.8, 4) is 0 Å². The zero-order valence-electron chi connectivity index (χ0n) is 8.62. The molecular formula is C12H18ClN. The molecule has 0 amide bonds. The van der Waals surface area contributed by atoms with Crippen molar-refractivity contribution in [2.45, 2.75) is 37.6 Å². The monoisotopic (exact) mass is 211 g/mol. The molecule has 78 valence electrons. The highest BCUT2D eigenvalue weighted by Gasteiger charge is 2.15. The highest BCUT2D eigenvalue weighted by atomic mass is 35.5. The summed E-state index contributed by atoms with van der Waals surface area (Å²) in [6, 6.07) is 10.0. The van der Waals surface area contributed by atoms with Crippen LogP contribution in [0.3, 0.4) is 0 Å². The van der Waals surface area contributed by atoms with Crippen LogP contribution in [-0.2, 0) is 0 Å². The average molecular weight is 212 g/mol. The summed E-state index contributed by atoms with van der Waals surface area (Å²) in [6.45, 7) is 2.16. The molecule has 2 atom stereocenters. The predicted molar refractivity (Wildman–Crippen MR) is 62.5 cm³/mol. The molecule has 0 spiro atoms. The SMILES string of the molecule is CCCCC(Cl)C(N)c1ccccc1. The molecule has 0 aliphatic carbocycles. The lowest BCUT2D eigenvalue weighted by Crippen LogP contribution is -2.21. The first-order valence-corrected chi connectivity index (χ1v) is 5.64. The maximum absolute atomic E-state index is 6.22. The molecule has 0 aromatic heterocycles. The summed E-state index contributed by atoms with van der Waals surface area (Å²) in [4.78, 5) is 0. The maximum Gasteiger partial charge on any atom is 0.0528 e. The largest absolute Gasteiger partial charge is 0.323 e. The molecule has 14 heavy (non-hydrogen) atoms. The Morgan fingerprint density at radius 3 is 2.50 bits per heavy atom. The van der Waals surface area contributed by atoms with Crippen molar-refractivity contribution in [3.63, 3.8) is 0 Å². The fourth-order valence-corrected chi connectivity index (χ4v) is 1.76. The number of halogens is 1.